The molecular weight excluding hydrogens is 534 g/mol. The molecule has 8 nitrogen and oxygen atoms in total. The Balaban J connectivity index is 1.44. The zero-order valence-electron chi connectivity index (χ0n) is 22.1. The molecule has 2 aliphatic rings. The lowest BCUT2D eigenvalue weighted by Crippen LogP contribution is -2.32. The molecule has 206 valence electrons. The van der Waals surface area contributed by atoms with Crippen LogP contribution in [0.1, 0.15) is 52.8 Å². The van der Waals surface area contributed by atoms with Gasteiger partial charge in [0.2, 0.25) is 10.0 Å². The van der Waals surface area contributed by atoms with Crippen molar-refractivity contribution in [3.8, 4) is 11.3 Å². The second-order valence-electron chi connectivity index (χ2n) is 10.3. The van der Waals surface area contributed by atoms with E-state index in [1.165, 1.54) is 23.5 Å². The second-order valence-corrected chi connectivity index (χ2v) is 12.2. The summed E-state index contributed by atoms with van der Waals surface area (Å²) in [6.45, 7) is 0.115. The van der Waals surface area contributed by atoms with Gasteiger partial charge in [-0.15, -0.1) is 0 Å². The maximum absolute atomic E-state index is 13.6. The molecule has 1 saturated carbocycles. The molecule has 0 saturated heterocycles. The second kappa shape index (κ2) is 10.1. The fourth-order valence-corrected chi connectivity index (χ4v) is 6.45. The first-order valence-electron chi connectivity index (χ1n) is 13.1. The van der Waals surface area contributed by atoms with Crippen LogP contribution in [0.5, 0.6) is 0 Å². The van der Waals surface area contributed by atoms with Gasteiger partial charge in [-0.05, 0) is 72.1 Å². The number of amides is 1. The van der Waals surface area contributed by atoms with Crippen LogP contribution in [-0.4, -0.2) is 46.3 Å². The summed E-state index contributed by atoms with van der Waals surface area (Å²) in [6, 6.07) is 16.6. The highest BCUT2D eigenvalue weighted by Gasteiger charge is 2.37. The Kier molecular flexibility index (Phi) is 6.68. The maximum Gasteiger partial charge on any atom is 0.491 e. The number of fused-ring (bicyclic) bond motifs is 2. The van der Waals surface area contributed by atoms with Gasteiger partial charge in [-0.1, -0.05) is 24.3 Å². The summed E-state index contributed by atoms with van der Waals surface area (Å²) in [7, 11) is -3.25. The first-order chi connectivity index (χ1) is 19.2. The molecule has 2 heterocycles. The Morgan fingerprint density at radius 1 is 1.12 bits per heavy atom. The Morgan fingerprint density at radius 3 is 2.52 bits per heavy atom. The van der Waals surface area contributed by atoms with Crippen LogP contribution in [0.3, 0.4) is 0 Å². The summed E-state index contributed by atoms with van der Waals surface area (Å²) < 4.78 is 53.2. The number of sulfonamides is 1. The number of nitrogens with one attached hydrogen (secondary N) is 1. The van der Waals surface area contributed by atoms with Crippen molar-refractivity contribution in [3.63, 3.8) is 0 Å². The first-order valence-corrected chi connectivity index (χ1v) is 15.0. The van der Waals surface area contributed by atoms with E-state index in [2.05, 4.69) is 5.32 Å². The van der Waals surface area contributed by atoms with Gasteiger partial charge >= 0.3 is 7.12 Å². The molecular formula is C29H28BFN2O6S. The molecule has 40 heavy (non-hydrogen) atoms. The highest BCUT2D eigenvalue weighted by atomic mass is 32.2. The van der Waals surface area contributed by atoms with Crippen LogP contribution in [0.4, 0.5) is 10.1 Å². The molecule has 0 unspecified atom stereocenters. The number of nitrogens with zero attached hydrogens (tertiary/aromatic N) is 1. The fraction of sp³-hybridized carbons (Fsp3) is 0.276. The van der Waals surface area contributed by atoms with E-state index in [0.29, 0.717) is 39.7 Å². The Labute approximate surface area is 231 Å². The number of carbonyl (C=O) groups is 1. The minimum atomic E-state index is -3.73. The predicted molar refractivity (Wildman–Crippen MR) is 152 cm³/mol. The molecule has 1 aliphatic carbocycles. The number of rotatable bonds is 8. The predicted octanol–water partition coefficient (Wildman–Crippen LogP) is 4.09. The molecule has 1 fully saturated rings. The third-order valence-electron chi connectivity index (χ3n) is 7.58. The molecule has 0 spiro atoms. The van der Waals surface area contributed by atoms with Gasteiger partial charge in [-0.25, -0.2) is 12.8 Å². The lowest BCUT2D eigenvalue weighted by molar-refractivity contribution is 0.0964. The van der Waals surface area contributed by atoms with Crippen LogP contribution >= 0.6 is 0 Å². The van der Waals surface area contributed by atoms with Crippen molar-refractivity contribution < 1.29 is 31.7 Å². The lowest BCUT2D eigenvalue weighted by Gasteiger charge is -2.26. The number of benzene rings is 3. The number of hydrogen-bond donors (Lipinski definition) is 2. The van der Waals surface area contributed by atoms with Gasteiger partial charge in [0.1, 0.15) is 17.2 Å². The molecule has 1 aromatic heterocycles. The zero-order chi connectivity index (χ0) is 28.2. The molecule has 1 aliphatic heterocycles. The molecule has 0 bridgehead atoms. The summed E-state index contributed by atoms with van der Waals surface area (Å²) in [6.07, 6.45) is 2.83. The van der Waals surface area contributed by atoms with Gasteiger partial charge < -0.3 is 19.4 Å². The summed E-state index contributed by atoms with van der Waals surface area (Å²) >= 11 is 0. The molecule has 1 amide bonds. The first kappa shape index (κ1) is 26.6. The van der Waals surface area contributed by atoms with Gasteiger partial charge in [0.15, 0.2) is 0 Å². The molecule has 2 N–H and O–H groups in total. The SMILES string of the molecule is CNC(=O)c1c(-c2ccc(F)cc2)oc2cc(N(CC[C@@H]3OB(O)c4ccccc43)S(C)(=O)=O)c(C3CC3)cc12. The minimum absolute atomic E-state index is 0.115. The van der Waals surface area contributed by atoms with Gasteiger partial charge in [0.05, 0.1) is 23.6 Å². The summed E-state index contributed by atoms with van der Waals surface area (Å²) in [5, 5.41) is 13.5. The quantitative estimate of drug-likeness (QED) is 0.313. The van der Waals surface area contributed by atoms with Gasteiger partial charge in [0, 0.05) is 30.6 Å². The molecule has 0 radical (unpaired) electrons. The fourth-order valence-electron chi connectivity index (χ4n) is 5.50. The van der Waals surface area contributed by atoms with Crippen LogP contribution in [0.2, 0.25) is 0 Å². The van der Waals surface area contributed by atoms with E-state index in [9.17, 15) is 22.6 Å². The molecule has 6 rings (SSSR count). The van der Waals surface area contributed by atoms with E-state index >= 15 is 0 Å². The van der Waals surface area contributed by atoms with E-state index < -0.39 is 29.1 Å². The van der Waals surface area contributed by atoms with Crippen molar-refractivity contribution >= 4 is 45.2 Å². The van der Waals surface area contributed by atoms with Crippen molar-refractivity contribution in [3.05, 3.63) is 83.2 Å². The van der Waals surface area contributed by atoms with E-state index in [4.69, 9.17) is 9.07 Å². The smallest absolute Gasteiger partial charge is 0.455 e. The average Bonchev–Trinajstić information content (AvgIpc) is 3.64. The van der Waals surface area contributed by atoms with E-state index in [0.717, 1.165) is 30.2 Å². The van der Waals surface area contributed by atoms with Crippen molar-refractivity contribution in [2.75, 3.05) is 24.2 Å². The van der Waals surface area contributed by atoms with Gasteiger partial charge in [-0.3, -0.25) is 9.10 Å². The number of anilines is 1. The Hall–Kier alpha value is -3.67. The third kappa shape index (κ3) is 4.78. The summed E-state index contributed by atoms with van der Waals surface area (Å²) in [4.78, 5) is 13.0. The molecule has 11 heteroatoms. The van der Waals surface area contributed by atoms with Crippen LogP contribution in [0, 0.1) is 5.82 Å². The lowest BCUT2D eigenvalue weighted by atomic mass is 9.79. The van der Waals surface area contributed by atoms with Crippen LogP contribution in [0.25, 0.3) is 22.3 Å². The number of hydrogen-bond acceptors (Lipinski definition) is 6. The summed E-state index contributed by atoms with van der Waals surface area (Å²) in [5.41, 5.74) is 4.03. The van der Waals surface area contributed by atoms with Crippen molar-refractivity contribution in [2.45, 2.75) is 31.3 Å². The molecule has 3 aromatic carbocycles. The standard InChI is InChI=1S/C29H28BFN2O6S/c1-32-29(34)27-22-15-21(17-7-8-17)24(16-26(22)38-28(27)18-9-11-19(31)12-10-18)33(40(2,36)37)14-13-25-20-5-3-4-6-23(20)30(35)39-25/h3-6,9-12,15-17,25,35H,7-8,13-14H2,1-2H3,(H,32,34)/t25-/m0/s1. The van der Waals surface area contributed by atoms with E-state index in [1.54, 1.807) is 24.3 Å². The maximum atomic E-state index is 13.6. The van der Waals surface area contributed by atoms with Gasteiger partial charge in [0.25, 0.3) is 5.91 Å². The van der Waals surface area contributed by atoms with Crippen molar-refractivity contribution in [1.29, 1.82) is 0 Å². The number of halogens is 1. The van der Waals surface area contributed by atoms with Crippen molar-refractivity contribution in [2.24, 2.45) is 0 Å². The highest BCUT2D eigenvalue weighted by molar-refractivity contribution is 7.92. The summed E-state index contributed by atoms with van der Waals surface area (Å²) in [5.74, 6) is -0.340. The number of furan rings is 1. The number of carbonyl (C=O) groups excluding carboxylic acids is 1. The molecule has 1 atom stereocenters. The Bertz CT molecular complexity index is 1720. The molecule has 4 aromatic rings. The minimum Gasteiger partial charge on any atom is -0.455 e. The zero-order valence-corrected chi connectivity index (χ0v) is 22.9. The largest absolute Gasteiger partial charge is 0.491 e. The van der Waals surface area contributed by atoms with E-state index in [1.807, 2.05) is 24.3 Å². The van der Waals surface area contributed by atoms with Crippen LogP contribution in [0.15, 0.2) is 65.1 Å². The highest BCUT2D eigenvalue weighted by Crippen LogP contribution is 2.48. The topological polar surface area (TPSA) is 109 Å². The van der Waals surface area contributed by atoms with Crippen LogP contribution in [-0.2, 0) is 14.7 Å². The van der Waals surface area contributed by atoms with Crippen LogP contribution < -0.4 is 15.1 Å². The average molecular weight is 562 g/mol. The van der Waals surface area contributed by atoms with E-state index in [-0.39, 0.29) is 24.1 Å². The third-order valence-corrected chi connectivity index (χ3v) is 8.76. The Morgan fingerprint density at radius 2 is 1.85 bits per heavy atom. The van der Waals surface area contributed by atoms with Gasteiger partial charge in [-0.2, -0.15) is 0 Å². The van der Waals surface area contributed by atoms with Crippen molar-refractivity contribution in [1.82, 2.24) is 5.32 Å². The normalized spacial score (nSPS) is 16.8. The monoisotopic (exact) mass is 562 g/mol.